The highest BCUT2D eigenvalue weighted by molar-refractivity contribution is 6.74. The lowest BCUT2D eigenvalue weighted by Crippen LogP contribution is -2.51. The highest BCUT2D eigenvalue weighted by atomic mass is 28.4. The van der Waals surface area contributed by atoms with Crippen molar-refractivity contribution in [2.75, 3.05) is 13.2 Å². The van der Waals surface area contributed by atoms with E-state index in [0.717, 1.165) is 16.7 Å². The monoisotopic (exact) mass is 604 g/mol. The number of aliphatic hydroxyl groups excluding tert-OH is 1. The van der Waals surface area contributed by atoms with E-state index < -0.39 is 31.5 Å². The van der Waals surface area contributed by atoms with Crippen LogP contribution in [-0.4, -0.2) is 44.8 Å². The van der Waals surface area contributed by atoms with E-state index in [1.54, 1.807) is 0 Å². The number of hydrogen-bond acceptors (Lipinski definition) is 5. The maximum atomic E-state index is 12.3. The van der Waals surface area contributed by atoms with Gasteiger partial charge in [-0.25, -0.2) is 0 Å². The van der Waals surface area contributed by atoms with E-state index in [1.165, 1.54) is 0 Å². The molecule has 0 spiro atoms. The van der Waals surface area contributed by atoms with E-state index in [-0.39, 0.29) is 30.1 Å². The second kappa shape index (κ2) is 14.3. The van der Waals surface area contributed by atoms with E-state index >= 15 is 0 Å². The molecule has 1 N–H and O–H groups in total. The molecule has 6 heteroatoms. The number of carbonyl (C=O) groups is 1. The lowest BCUT2D eigenvalue weighted by Gasteiger charge is -2.43. The first-order valence-electron chi connectivity index (χ1n) is 15.4. The predicted octanol–water partition coefficient (Wildman–Crippen LogP) is 8.36. The summed E-state index contributed by atoms with van der Waals surface area (Å²) in [5.74, 6) is -0.435. The minimum atomic E-state index is -2.31. The van der Waals surface area contributed by atoms with Gasteiger partial charge in [0.1, 0.15) is 5.60 Å². The van der Waals surface area contributed by atoms with E-state index in [0.29, 0.717) is 6.42 Å². The number of rotatable bonds is 13. The largest absolute Gasteiger partial charge is 0.465 e. The highest BCUT2D eigenvalue weighted by Crippen LogP contribution is 2.42. The first-order valence-corrected chi connectivity index (χ1v) is 18.3. The van der Waals surface area contributed by atoms with Gasteiger partial charge in [0, 0.05) is 0 Å². The lowest BCUT2D eigenvalue weighted by atomic mass is 9.80. The van der Waals surface area contributed by atoms with Crippen molar-refractivity contribution in [3.8, 4) is 0 Å². The first kappa shape index (κ1) is 34.7. The Hall–Kier alpha value is -2.77. The molecular weight excluding hydrogens is 552 g/mol. The molecule has 43 heavy (non-hydrogen) atoms. The second-order valence-electron chi connectivity index (χ2n) is 14.1. The minimum Gasteiger partial charge on any atom is -0.465 e. The zero-order valence-corrected chi connectivity index (χ0v) is 28.6. The van der Waals surface area contributed by atoms with Crippen LogP contribution in [0.4, 0.5) is 0 Å². The van der Waals surface area contributed by atoms with Gasteiger partial charge in [0.15, 0.2) is 8.32 Å². The smallest absolute Gasteiger partial charge is 0.311 e. The van der Waals surface area contributed by atoms with Crippen molar-refractivity contribution in [2.24, 2.45) is 11.3 Å². The Labute approximate surface area is 260 Å². The van der Waals surface area contributed by atoms with E-state index in [4.69, 9.17) is 13.9 Å². The Morgan fingerprint density at radius 3 is 1.56 bits per heavy atom. The van der Waals surface area contributed by atoms with Gasteiger partial charge in [-0.15, -0.1) is 0 Å². The third-order valence-electron chi connectivity index (χ3n) is 8.64. The maximum absolute atomic E-state index is 12.3. The first-order chi connectivity index (χ1) is 20.1. The Morgan fingerprint density at radius 2 is 1.19 bits per heavy atom. The van der Waals surface area contributed by atoms with Crippen molar-refractivity contribution >= 4 is 14.3 Å². The fourth-order valence-electron chi connectivity index (χ4n) is 4.82. The Morgan fingerprint density at radius 1 is 0.767 bits per heavy atom. The Kier molecular flexibility index (Phi) is 11.6. The number of esters is 1. The summed E-state index contributed by atoms with van der Waals surface area (Å²) < 4.78 is 19.6. The van der Waals surface area contributed by atoms with Gasteiger partial charge in [-0.05, 0) is 67.9 Å². The van der Waals surface area contributed by atoms with Crippen LogP contribution in [0.25, 0.3) is 0 Å². The molecule has 0 radical (unpaired) electrons. The van der Waals surface area contributed by atoms with Crippen LogP contribution in [0, 0.1) is 11.3 Å². The predicted molar refractivity (Wildman–Crippen MR) is 177 cm³/mol. The van der Waals surface area contributed by atoms with Gasteiger partial charge >= 0.3 is 5.97 Å². The molecule has 3 aromatic carbocycles. The van der Waals surface area contributed by atoms with Gasteiger partial charge in [0.05, 0.1) is 30.8 Å². The van der Waals surface area contributed by atoms with Crippen LogP contribution in [-0.2, 0) is 24.3 Å². The normalized spacial score (nSPS) is 15.0. The van der Waals surface area contributed by atoms with Crippen molar-refractivity contribution in [3.05, 3.63) is 108 Å². The standard InChI is InChI=1S/C37H52O5Si/c1-28(25-26-40-34(39)35(2,3)4)33(38)32(42-43(8,9)36(5,6)7)27-41-37(29-19-13-10-14-20-29,30-21-15-11-16-22-30)31-23-17-12-18-24-31/h10-24,28,32-33,38H,25-27H2,1-9H3/t28-,32-,33-/m1/s1. The molecule has 3 rings (SSSR count). The van der Waals surface area contributed by atoms with E-state index in [2.05, 4.69) is 70.3 Å². The molecule has 0 aliphatic heterocycles. The van der Waals surface area contributed by atoms with Gasteiger partial charge < -0.3 is 19.0 Å². The van der Waals surface area contributed by atoms with E-state index in [1.807, 2.05) is 82.3 Å². The zero-order valence-electron chi connectivity index (χ0n) is 27.6. The summed E-state index contributed by atoms with van der Waals surface area (Å²) in [4.78, 5) is 12.3. The van der Waals surface area contributed by atoms with Gasteiger partial charge in [0.2, 0.25) is 0 Å². The van der Waals surface area contributed by atoms with Crippen molar-refractivity contribution in [1.29, 1.82) is 0 Å². The van der Waals surface area contributed by atoms with Crippen LogP contribution in [0.1, 0.15) is 71.6 Å². The zero-order chi connectivity index (χ0) is 31.9. The molecule has 0 amide bonds. The fourth-order valence-corrected chi connectivity index (χ4v) is 6.14. The lowest BCUT2D eigenvalue weighted by molar-refractivity contribution is -0.153. The molecule has 3 aromatic rings. The van der Waals surface area contributed by atoms with Crippen LogP contribution < -0.4 is 0 Å². The van der Waals surface area contributed by atoms with Crippen LogP contribution in [0.3, 0.4) is 0 Å². The second-order valence-corrected chi connectivity index (χ2v) is 18.9. The van der Waals surface area contributed by atoms with Crippen molar-refractivity contribution in [2.45, 2.75) is 90.8 Å². The summed E-state index contributed by atoms with van der Waals surface area (Å²) in [5.41, 5.74) is 1.49. The van der Waals surface area contributed by atoms with Crippen LogP contribution in [0.2, 0.25) is 18.1 Å². The van der Waals surface area contributed by atoms with Crippen molar-refractivity contribution < 1.29 is 23.8 Å². The summed E-state index contributed by atoms with van der Waals surface area (Å²) in [6.45, 7) is 18.9. The third-order valence-corrected chi connectivity index (χ3v) is 13.1. The summed E-state index contributed by atoms with van der Waals surface area (Å²) >= 11 is 0. The minimum absolute atomic E-state index is 0.0637. The van der Waals surface area contributed by atoms with Gasteiger partial charge in [-0.3, -0.25) is 4.79 Å². The molecule has 234 valence electrons. The quantitative estimate of drug-likeness (QED) is 0.121. The third kappa shape index (κ3) is 8.66. The molecule has 0 saturated heterocycles. The number of benzene rings is 3. The molecule has 0 heterocycles. The van der Waals surface area contributed by atoms with Crippen molar-refractivity contribution in [1.82, 2.24) is 0 Å². The summed E-state index contributed by atoms with van der Waals surface area (Å²) in [6.07, 6.45) is -0.908. The maximum Gasteiger partial charge on any atom is 0.311 e. The average molecular weight is 605 g/mol. The molecule has 3 atom stereocenters. The Bertz CT molecular complexity index is 1170. The fraction of sp³-hybridized carbons (Fsp3) is 0.486. The number of hydrogen-bond donors (Lipinski definition) is 1. The molecule has 5 nitrogen and oxygen atoms in total. The molecule has 0 aliphatic carbocycles. The van der Waals surface area contributed by atoms with Gasteiger partial charge in [-0.2, -0.15) is 0 Å². The van der Waals surface area contributed by atoms with Crippen LogP contribution in [0.5, 0.6) is 0 Å². The molecule has 0 fully saturated rings. The highest BCUT2D eigenvalue weighted by Gasteiger charge is 2.44. The molecule has 0 aromatic heterocycles. The molecular formula is C37H52O5Si. The van der Waals surface area contributed by atoms with Crippen molar-refractivity contribution in [3.63, 3.8) is 0 Å². The Balaban J connectivity index is 2.01. The van der Waals surface area contributed by atoms with E-state index in [9.17, 15) is 9.90 Å². The molecule has 0 bridgehead atoms. The summed E-state index contributed by atoms with van der Waals surface area (Å²) in [5, 5.41) is 11.8. The topological polar surface area (TPSA) is 65.0 Å². The molecule has 0 aliphatic rings. The van der Waals surface area contributed by atoms with Crippen LogP contribution in [0.15, 0.2) is 91.0 Å². The molecule has 0 saturated carbocycles. The molecule has 0 unspecified atom stereocenters. The summed E-state index contributed by atoms with van der Waals surface area (Å²) in [6, 6.07) is 30.7. The van der Waals surface area contributed by atoms with Gasteiger partial charge in [-0.1, -0.05) is 119 Å². The van der Waals surface area contributed by atoms with Gasteiger partial charge in [0.25, 0.3) is 0 Å². The number of carbonyl (C=O) groups excluding carboxylic acids is 1. The number of ether oxygens (including phenoxy) is 2. The summed E-state index contributed by atoms with van der Waals surface area (Å²) in [7, 11) is -2.31. The van der Waals surface area contributed by atoms with Crippen LogP contribution >= 0.6 is 0 Å². The SMILES string of the molecule is C[C@H](CCOC(=O)C(C)(C)C)[C@@H](O)[C@@H](COC(c1ccccc1)(c1ccccc1)c1ccccc1)O[Si](C)(C)C(C)(C)C. The number of aliphatic hydroxyl groups is 1. The average Bonchev–Trinajstić information content (AvgIpc) is 2.97.